The smallest absolute Gasteiger partial charge is 0.257 e. The molecule has 3 N–H and O–H groups in total. The fourth-order valence-corrected chi connectivity index (χ4v) is 3.19. The van der Waals surface area contributed by atoms with Crippen LogP contribution in [0.3, 0.4) is 0 Å². The lowest BCUT2D eigenvalue weighted by Crippen LogP contribution is -2.37. The fraction of sp³-hybridized carbons (Fsp3) is 0.286. The van der Waals surface area contributed by atoms with Crippen LogP contribution in [0.4, 0.5) is 17.1 Å². The summed E-state index contributed by atoms with van der Waals surface area (Å²) in [5.41, 5.74) is -1.08. The van der Waals surface area contributed by atoms with E-state index in [1.165, 1.54) is 17.0 Å². The molecule has 0 bridgehead atoms. The molecule has 0 unspecified atom stereocenters. The number of para-hydroxylation sites is 1. The van der Waals surface area contributed by atoms with Gasteiger partial charge in [0.05, 0.1) is 22.3 Å². The number of anilines is 3. The number of hydrogen-bond donors (Lipinski definition) is 3. The Morgan fingerprint density at radius 2 is 1.90 bits per heavy atom. The maximum Gasteiger partial charge on any atom is 0.257 e. The Hall–Kier alpha value is -3.26. The molecule has 1 heterocycles. The van der Waals surface area contributed by atoms with Crippen LogP contribution < -0.4 is 21.5 Å². The largest absolute Gasteiger partial charge is 0.505 e. The molecule has 9 heteroatoms. The second-order valence-electron chi connectivity index (χ2n) is 7.09. The predicted molar refractivity (Wildman–Crippen MR) is 116 cm³/mol. The number of nitrogens with one attached hydrogen (secondary N) is 2. The second-order valence-corrected chi connectivity index (χ2v) is 7.50. The zero-order valence-corrected chi connectivity index (χ0v) is 17.8. The Morgan fingerprint density at radius 1 is 1.23 bits per heavy atom. The zero-order valence-electron chi connectivity index (χ0n) is 17.0. The van der Waals surface area contributed by atoms with E-state index in [2.05, 4.69) is 10.6 Å². The van der Waals surface area contributed by atoms with E-state index in [9.17, 15) is 19.5 Å². The number of aryl methyl sites for hydroxylation is 1. The molecule has 3 aromatic rings. The van der Waals surface area contributed by atoms with Crippen molar-refractivity contribution in [2.75, 3.05) is 24.7 Å². The van der Waals surface area contributed by atoms with Gasteiger partial charge in [0.15, 0.2) is 5.75 Å². The van der Waals surface area contributed by atoms with Crippen LogP contribution in [0.2, 0.25) is 5.02 Å². The van der Waals surface area contributed by atoms with Crippen molar-refractivity contribution < 1.29 is 14.3 Å². The number of rotatable bonds is 7. The monoisotopic (exact) mass is 431 g/mol. The number of halogens is 1. The highest BCUT2D eigenvalue weighted by molar-refractivity contribution is 6.31. The number of benzene rings is 1. The average Bonchev–Trinajstić information content (AvgIpc) is 3.05. The summed E-state index contributed by atoms with van der Waals surface area (Å²) in [6.07, 6.45) is 0.569. The molecule has 2 aromatic carbocycles. The summed E-state index contributed by atoms with van der Waals surface area (Å²) in [7, 11) is 3.13. The molecular weight excluding hydrogens is 410 g/mol. The number of hydrogen-bond acceptors (Lipinski definition) is 7. The molecule has 0 aliphatic heterocycles. The van der Waals surface area contributed by atoms with Crippen molar-refractivity contribution in [3.05, 3.63) is 66.8 Å². The Morgan fingerprint density at radius 3 is 2.47 bits per heavy atom. The summed E-state index contributed by atoms with van der Waals surface area (Å²) in [6.45, 7) is 3.62. The van der Waals surface area contributed by atoms with Crippen LogP contribution >= 0.6 is 11.6 Å². The molecule has 0 aliphatic carbocycles. The van der Waals surface area contributed by atoms with Gasteiger partial charge in [-0.2, -0.15) is 0 Å². The zero-order chi connectivity index (χ0) is 22.2. The van der Waals surface area contributed by atoms with Crippen LogP contribution in [0.1, 0.15) is 41.3 Å². The normalized spacial score (nSPS) is 12.0. The number of phenolic OH excluding ortho intramolecular Hbond substituents is 1. The summed E-state index contributed by atoms with van der Waals surface area (Å²) < 4.78 is 5.62. The average molecular weight is 432 g/mol. The van der Waals surface area contributed by atoms with Gasteiger partial charge in [-0.25, -0.2) is 0 Å². The Kier molecular flexibility index (Phi) is 5.89. The fourth-order valence-electron chi connectivity index (χ4n) is 3.04. The van der Waals surface area contributed by atoms with E-state index in [0.717, 1.165) is 0 Å². The van der Waals surface area contributed by atoms with Crippen molar-refractivity contribution in [1.82, 2.24) is 4.90 Å². The van der Waals surface area contributed by atoms with Crippen molar-refractivity contribution in [3.63, 3.8) is 0 Å². The summed E-state index contributed by atoms with van der Waals surface area (Å²) in [5.74, 6) is 0.397. The highest BCUT2D eigenvalue weighted by atomic mass is 35.5. The Bertz CT molecular complexity index is 1150. The third-order valence-corrected chi connectivity index (χ3v) is 5.16. The van der Waals surface area contributed by atoms with E-state index in [0.29, 0.717) is 23.0 Å². The van der Waals surface area contributed by atoms with Crippen LogP contribution in [0, 0.1) is 6.92 Å². The number of phenols is 1. The SMILES string of the molecule is CC[C@@H](Nc1c(Nc2cccc(C(=O)N(C)C)c2O)c(=O)c1=O)c1cc(Cl)c(C)o1. The summed E-state index contributed by atoms with van der Waals surface area (Å²) in [4.78, 5) is 37.9. The molecule has 0 aliphatic rings. The third kappa shape index (κ3) is 3.78. The van der Waals surface area contributed by atoms with Gasteiger partial charge in [-0.05, 0) is 25.5 Å². The predicted octanol–water partition coefficient (Wildman–Crippen LogP) is 3.55. The summed E-state index contributed by atoms with van der Waals surface area (Å²) >= 11 is 6.06. The van der Waals surface area contributed by atoms with Gasteiger partial charge in [0, 0.05) is 20.2 Å². The first-order chi connectivity index (χ1) is 14.1. The number of aromatic hydroxyl groups is 1. The van der Waals surface area contributed by atoms with Crippen LogP contribution in [0.5, 0.6) is 5.75 Å². The summed E-state index contributed by atoms with van der Waals surface area (Å²) in [6, 6.07) is 5.84. The second kappa shape index (κ2) is 8.23. The molecular formula is C21H22ClN3O5. The lowest BCUT2D eigenvalue weighted by atomic mass is 10.1. The van der Waals surface area contributed by atoms with Crippen LogP contribution in [-0.4, -0.2) is 30.0 Å². The van der Waals surface area contributed by atoms with Crippen molar-refractivity contribution in [2.45, 2.75) is 26.3 Å². The first kappa shape index (κ1) is 21.4. The molecule has 0 fully saturated rings. The van der Waals surface area contributed by atoms with E-state index < -0.39 is 16.8 Å². The van der Waals surface area contributed by atoms with Gasteiger partial charge in [0.2, 0.25) is 0 Å². The van der Waals surface area contributed by atoms with Gasteiger partial charge in [-0.15, -0.1) is 0 Å². The lowest BCUT2D eigenvalue weighted by Gasteiger charge is -2.21. The number of nitrogens with zero attached hydrogens (tertiary/aromatic N) is 1. The van der Waals surface area contributed by atoms with Crippen molar-refractivity contribution in [2.24, 2.45) is 0 Å². The van der Waals surface area contributed by atoms with E-state index in [4.69, 9.17) is 16.0 Å². The van der Waals surface area contributed by atoms with Crippen LogP contribution in [-0.2, 0) is 0 Å². The van der Waals surface area contributed by atoms with E-state index in [1.807, 2.05) is 6.92 Å². The third-order valence-electron chi connectivity index (χ3n) is 4.79. The van der Waals surface area contributed by atoms with Crippen LogP contribution in [0.25, 0.3) is 0 Å². The maximum atomic E-state index is 12.2. The van der Waals surface area contributed by atoms with Crippen molar-refractivity contribution in [1.29, 1.82) is 0 Å². The lowest BCUT2D eigenvalue weighted by molar-refractivity contribution is 0.0824. The number of carbonyl (C=O) groups is 1. The van der Waals surface area contributed by atoms with Gasteiger partial charge < -0.3 is 25.1 Å². The molecule has 0 spiro atoms. The van der Waals surface area contributed by atoms with Gasteiger partial charge >= 0.3 is 0 Å². The molecule has 30 heavy (non-hydrogen) atoms. The number of amides is 1. The van der Waals surface area contributed by atoms with Gasteiger partial charge in [-0.1, -0.05) is 24.6 Å². The molecule has 0 saturated carbocycles. The summed E-state index contributed by atoms with van der Waals surface area (Å²) in [5, 5.41) is 16.7. The minimum absolute atomic E-state index is 0.0116. The highest BCUT2D eigenvalue weighted by Gasteiger charge is 2.26. The van der Waals surface area contributed by atoms with Crippen molar-refractivity contribution >= 4 is 34.6 Å². The molecule has 0 radical (unpaired) electrons. The van der Waals surface area contributed by atoms with E-state index >= 15 is 0 Å². The molecule has 0 saturated heterocycles. The van der Waals surface area contributed by atoms with E-state index in [-0.39, 0.29) is 34.4 Å². The maximum absolute atomic E-state index is 12.2. The topological polar surface area (TPSA) is 112 Å². The minimum atomic E-state index is -0.718. The van der Waals surface area contributed by atoms with Gasteiger partial charge in [0.1, 0.15) is 22.9 Å². The first-order valence-electron chi connectivity index (χ1n) is 9.32. The minimum Gasteiger partial charge on any atom is -0.505 e. The first-order valence-corrected chi connectivity index (χ1v) is 9.69. The Balaban J connectivity index is 1.91. The molecule has 1 aromatic heterocycles. The van der Waals surface area contributed by atoms with Crippen molar-refractivity contribution in [3.8, 4) is 5.75 Å². The molecule has 8 nitrogen and oxygen atoms in total. The molecule has 3 rings (SSSR count). The molecule has 158 valence electrons. The quantitative estimate of drug-likeness (QED) is 0.387. The van der Waals surface area contributed by atoms with Crippen LogP contribution in [0.15, 0.2) is 38.3 Å². The van der Waals surface area contributed by atoms with E-state index in [1.54, 1.807) is 33.2 Å². The standard InChI is InChI=1S/C21H22ClN3O5/c1-5-13(15-9-12(22)10(2)30-15)23-16-17(20(28)19(16)27)24-14-8-6-7-11(18(14)26)21(29)25(3)4/h6-9,13,23-24,26H,5H2,1-4H3/t13-/m1/s1. The molecule has 1 atom stereocenters. The highest BCUT2D eigenvalue weighted by Crippen LogP contribution is 2.34. The molecule has 1 amide bonds. The number of carbonyl (C=O) groups excluding carboxylic acids is 1. The Labute approximate surface area is 177 Å². The van der Waals surface area contributed by atoms with Gasteiger partial charge in [-0.3, -0.25) is 14.4 Å². The van der Waals surface area contributed by atoms with Gasteiger partial charge in [0.25, 0.3) is 16.8 Å². The number of furan rings is 1.